The largest absolute Gasteiger partial charge is 0.504 e. The number of methoxy groups -OCH3 is 5. The number of hydrogen-bond acceptors (Lipinski definition) is 8. The molecule has 1 aliphatic heterocycles. The molecule has 0 unspecified atom stereocenters. The molecule has 1 saturated heterocycles. The van der Waals surface area contributed by atoms with Gasteiger partial charge in [0.25, 0.3) is 0 Å². The summed E-state index contributed by atoms with van der Waals surface area (Å²) in [5, 5.41) is 12.1. The van der Waals surface area contributed by atoms with Crippen LogP contribution in [0.15, 0.2) is 24.3 Å². The van der Waals surface area contributed by atoms with Crippen LogP contribution in [-0.2, 0) is 18.9 Å². The zero-order valence-corrected chi connectivity index (χ0v) is 17.3. The predicted molar refractivity (Wildman–Crippen MR) is 106 cm³/mol. The van der Waals surface area contributed by atoms with E-state index in [1.807, 2.05) is 6.07 Å². The van der Waals surface area contributed by atoms with Gasteiger partial charge in [0.2, 0.25) is 6.29 Å². The third kappa shape index (κ3) is 4.20. The first-order chi connectivity index (χ1) is 14.1. The van der Waals surface area contributed by atoms with Crippen molar-refractivity contribution >= 4 is 10.8 Å². The summed E-state index contributed by atoms with van der Waals surface area (Å²) < 4.78 is 39.2. The van der Waals surface area contributed by atoms with Gasteiger partial charge < -0.3 is 38.3 Å². The summed E-state index contributed by atoms with van der Waals surface area (Å²) in [6.45, 7) is 0.326. The van der Waals surface area contributed by atoms with E-state index in [2.05, 4.69) is 0 Å². The van der Waals surface area contributed by atoms with Gasteiger partial charge in [0.05, 0.1) is 32.3 Å². The Balaban J connectivity index is 1.92. The highest BCUT2D eigenvalue weighted by molar-refractivity contribution is 5.99. The molecule has 0 radical (unpaired) electrons. The van der Waals surface area contributed by atoms with Crippen LogP contribution in [0, 0.1) is 0 Å². The van der Waals surface area contributed by atoms with Crippen molar-refractivity contribution < 1.29 is 38.3 Å². The maximum atomic E-state index is 10.9. The van der Waals surface area contributed by atoms with Crippen LogP contribution in [0.5, 0.6) is 23.0 Å². The van der Waals surface area contributed by atoms with E-state index in [1.54, 1.807) is 53.7 Å². The summed E-state index contributed by atoms with van der Waals surface area (Å²) in [7, 11) is 7.94. The molecule has 8 heteroatoms. The van der Waals surface area contributed by atoms with Crippen molar-refractivity contribution in [3.8, 4) is 23.0 Å². The van der Waals surface area contributed by atoms with Crippen LogP contribution in [0.1, 0.15) is 6.42 Å². The second-order valence-corrected chi connectivity index (χ2v) is 6.69. The number of phenolic OH excluding ortho intramolecular Hbond substituents is 1. The van der Waals surface area contributed by atoms with Crippen molar-refractivity contribution in [3.63, 3.8) is 0 Å². The Hall–Kier alpha value is -2.26. The Morgan fingerprint density at radius 2 is 1.62 bits per heavy atom. The SMILES string of the molecule is COC[C@H]1O[C@@H](Oc2ccc3c(OC)ccc(OC)c3c2O)C[C@@H](OC)[C@@H]1OC. The van der Waals surface area contributed by atoms with Crippen LogP contribution in [0.2, 0.25) is 0 Å². The van der Waals surface area contributed by atoms with Crippen LogP contribution in [-0.4, -0.2) is 71.9 Å². The van der Waals surface area contributed by atoms with E-state index in [4.69, 9.17) is 33.2 Å². The lowest BCUT2D eigenvalue weighted by Gasteiger charge is -2.40. The van der Waals surface area contributed by atoms with E-state index in [-0.39, 0.29) is 29.8 Å². The van der Waals surface area contributed by atoms with Gasteiger partial charge in [-0.05, 0) is 24.3 Å². The fraction of sp³-hybridized carbons (Fsp3) is 0.524. The highest BCUT2D eigenvalue weighted by Crippen LogP contribution is 2.44. The van der Waals surface area contributed by atoms with Crippen molar-refractivity contribution in [1.29, 1.82) is 0 Å². The smallest absolute Gasteiger partial charge is 0.203 e. The van der Waals surface area contributed by atoms with Gasteiger partial charge in [0.1, 0.15) is 23.7 Å². The molecule has 0 bridgehead atoms. The van der Waals surface area contributed by atoms with E-state index in [0.717, 1.165) is 0 Å². The first-order valence-corrected chi connectivity index (χ1v) is 9.31. The van der Waals surface area contributed by atoms with Crippen LogP contribution in [0.3, 0.4) is 0 Å². The molecule has 2 aromatic carbocycles. The van der Waals surface area contributed by atoms with Crippen LogP contribution in [0.25, 0.3) is 10.8 Å². The van der Waals surface area contributed by atoms with Crippen LogP contribution in [0.4, 0.5) is 0 Å². The fourth-order valence-corrected chi connectivity index (χ4v) is 3.74. The molecule has 1 heterocycles. The average molecular weight is 408 g/mol. The highest BCUT2D eigenvalue weighted by atomic mass is 16.7. The van der Waals surface area contributed by atoms with Gasteiger partial charge in [0, 0.05) is 33.1 Å². The van der Waals surface area contributed by atoms with E-state index in [0.29, 0.717) is 35.3 Å². The third-order valence-electron chi connectivity index (χ3n) is 5.13. The molecular weight excluding hydrogens is 380 g/mol. The van der Waals surface area contributed by atoms with Gasteiger partial charge in [-0.1, -0.05) is 0 Å². The number of rotatable bonds is 8. The van der Waals surface area contributed by atoms with E-state index in [1.165, 1.54) is 0 Å². The molecular formula is C21H28O8. The maximum Gasteiger partial charge on any atom is 0.203 e. The molecule has 3 rings (SSSR count). The molecule has 1 N–H and O–H groups in total. The minimum atomic E-state index is -0.647. The average Bonchev–Trinajstić information content (AvgIpc) is 2.74. The molecule has 0 amide bonds. The van der Waals surface area contributed by atoms with Gasteiger partial charge in [-0.25, -0.2) is 0 Å². The number of fused-ring (bicyclic) bond motifs is 1. The first kappa shape index (κ1) is 21.4. The number of aromatic hydroxyl groups is 1. The van der Waals surface area contributed by atoms with Crippen LogP contribution < -0.4 is 14.2 Å². The van der Waals surface area contributed by atoms with Crippen molar-refractivity contribution in [2.24, 2.45) is 0 Å². The Kier molecular flexibility index (Phi) is 7.02. The molecule has 1 aliphatic rings. The number of hydrogen-bond donors (Lipinski definition) is 1. The molecule has 0 spiro atoms. The molecule has 0 aliphatic carbocycles. The quantitative estimate of drug-likeness (QED) is 0.714. The molecule has 29 heavy (non-hydrogen) atoms. The minimum Gasteiger partial charge on any atom is -0.504 e. The third-order valence-corrected chi connectivity index (χ3v) is 5.13. The summed E-state index contributed by atoms with van der Waals surface area (Å²) in [6.07, 6.45) is -1.11. The number of phenols is 1. The van der Waals surface area contributed by atoms with E-state index >= 15 is 0 Å². The summed E-state index contributed by atoms with van der Waals surface area (Å²) in [6, 6.07) is 7.01. The standard InChI is InChI=1S/C21H28O8/c1-23-11-17-21(27-5)16(26-4)10-18(29-17)28-15-7-6-12-13(24-2)8-9-14(25-3)19(12)20(15)22/h6-9,16-18,21-22H,10-11H2,1-5H3/t16-,17-,18-,21+/m1/s1. The Morgan fingerprint density at radius 3 is 2.24 bits per heavy atom. The maximum absolute atomic E-state index is 10.9. The number of ether oxygens (including phenoxy) is 7. The van der Waals surface area contributed by atoms with Crippen molar-refractivity contribution in [1.82, 2.24) is 0 Å². The molecule has 2 aromatic rings. The highest BCUT2D eigenvalue weighted by Gasteiger charge is 2.40. The lowest BCUT2D eigenvalue weighted by molar-refractivity contribution is -0.242. The van der Waals surface area contributed by atoms with E-state index < -0.39 is 6.29 Å². The second kappa shape index (κ2) is 9.49. The summed E-state index contributed by atoms with van der Waals surface area (Å²) in [5.41, 5.74) is 0. The Labute approximate surface area is 170 Å². The normalized spacial score (nSPS) is 24.4. The van der Waals surface area contributed by atoms with E-state index in [9.17, 15) is 5.11 Å². The first-order valence-electron chi connectivity index (χ1n) is 9.31. The second-order valence-electron chi connectivity index (χ2n) is 6.69. The van der Waals surface area contributed by atoms with Gasteiger partial charge in [-0.3, -0.25) is 0 Å². The van der Waals surface area contributed by atoms with Crippen molar-refractivity contribution in [3.05, 3.63) is 24.3 Å². The molecule has 4 atom stereocenters. The molecule has 160 valence electrons. The van der Waals surface area contributed by atoms with Gasteiger partial charge in [-0.2, -0.15) is 0 Å². The Morgan fingerprint density at radius 1 is 0.931 bits per heavy atom. The summed E-state index contributed by atoms with van der Waals surface area (Å²) in [5.74, 6) is 1.36. The predicted octanol–water partition coefficient (Wildman–Crippen LogP) is 2.73. The molecule has 0 saturated carbocycles. The zero-order valence-electron chi connectivity index (χ0n) is 17.3. The van der Waals surface area contributed by atoms with Gasteiger partial charge in [-0.15, -0.1) is 0 Å². The fourth-order valence-electron chi connectivity index (χ4n) is 3.74. The molecule has 8 nitrogen and oxygen atoms in total. The lowest BCUT2D eigenvalue weighted by atomic mass is 10.0. The molecule has 1 fully saturated rings. The molecule has 0 aromatic heterocycles. The van der Waals surface area contributed by atoms with Crippen molar-refractivity contribution in [2.45, 2.75) is 31.0 Å². The summed E-state index contributed by atoms with van der Waals surface area (Å²) in [4.78, 5) is 0. The minimum absolute atomic E-state index is 0.0482. The zero-order chi connectivity index (χ0) is 21.0. The lowest BCUT2D eigenvalue weighted by Crippen LogP contribution is -2.53. The van der Waals surface area contributed by atoms with Crippen molar-refractivity contribution in [2.75, 3.05) is 42.2 Å². The monoisotopic (exact) mass is 408 g/mol. The number of benzene rings is 2. The summed E-state index contributed by atoms with van der Waals surface area (Å²) >= 11 is 0. The van der Waals surface area contributed by atoms with Crippen LogP contribution >= 0.6 is 0 Å². The topological polar surface area (TPSA) is 84.8 Å². The Bertz CT molecular complexity index is 824. The van der Waals surface area contributed by atoms with Gasteiger partial charge >= 0.3 is 0 Å². The van der Waals surface area contributed by atoms with Gasteiger partial charge in [0.15, 0.2) is 11.5 Å².